The number of nitrogens with one attached hydrogen (secondary N) is 1. The molecule has 0 saturated heterocycles. The molecule has 0 bridgehead atoms. The standard InChI is InChI=1S/C19H24BrNO3/c1-3-23-18-11-16(17(20)12-19(18)24-10-9-22)13-21-14(2)15-7-5-4-6-8-15/h4-8,11-12,14,21-22H,3,9-10,13H2,1-2H3/t14-/m1/s1. The third kappa shape index (κ3) is 5.23. The molecule has 2 N–H and O–H groups in total. The van der Waals surface area contributed by atoms with Gasteiger partial charge in [-0.15, -0.1) is 0 Å². The van der Waals surface area contributed by atoms with E-state index in [1.165, 1.54) is 5.56 Å². The molecule has 0 saturated carbocycles. The van der Waals surface area contributed by atoms with E-state index in [0.717, 1.165) is 10.0 Å². The number of hydrogen-bond acceptors (Lipinski definition) is 4. The second-order valence-electron chi connectivity index (χ2n) is 5.41. The molecule has 24 heavy (non-hydrogen) atoms. The monoisotopic (exact) mass is 393 g/mol. The fourth-order valence-electron chi connectivity index (χ4n) is 2.37. The smallest absolute Gasteiger partial charge is 0.162 e. The van der Waals surface area contributed by atoms with Gasteiger partial charge >= 0.3 is 0 Å². The summed E-state index contributed by atoms with van der Waals surface area (Å²) < 4.78 is 12.2. The Morgan fingerprint density at radius 3 is 2.50 bits per heavy atom. The van der Waals surface area contributed by atoms with E-state index in [9.17, 15) is 0 Å². The van der Waals surface area contributed by atoms with Crippen LogP contribution in [0.2, 0.25) is 0 Å². The quantitative estimate of drug-likeness (QED) is 0.673. The summed E-state index contributed by atoms with van der Waals surface area (Å²) in [6.45, 7) is 5.57. The molecule has 0 aliphatic rings. The Morgan fingerprint density at radius 1 is 1.12 bits per heavy atom. The van der Waals surface area contributed by atoms with Crippen LogP contribution in [0.1, 0.15) is 31.0 Å². The van der Waals surface area contributed by atoms with E-state index >= 15 is 0 Å². The predicted molar refractivity (Wildman–Crippen MR) is 99.6 cm³/mol. The van der Waals surface area contributed by atoms with Gasteiger partial charge in [0.15, 0.2) is 11.5 Å². The molecule has 0 fully saturated rings. The Kier molecular flexibility index (Phi) is 7.56. The summed E-state index contributed by atoms with van der Waals surface area (Å²) in [7, 11) is 0. The highest BCUT2D eigenvalue weighted by Crippen LogP contribution is 2.34. The van der Waals surface area contributed by atoms with Crippen LogP contribution in [0.15, 0.2) is 46.9 Å². The Hall–Kier alpha value is -1.56. The average molecular weight is 394 g/mol. The van der Waals surface area contributed by atoms with Gasteiger partial charge < -0.3 is 19.9 Å². The number of hydrogen-bond donors (Lipinski definition) is 2. The van der Waals surface area contributed by atoms with E-state index < -0.39 is 0 Å². The van der Waals surface area contributed by atoms with Gasteiger partial charge in [-0.25, -0.2) is 0 Å². The molecule has 0 aliphatic heterocycles. The summed E-state index contributed by atoms with van der Waals surface area (Å²) in [6, 6.07) is 14.5. The molecule has 0 aromatic heterocycles. The van der Waals surface area contributed by atoms with Gasteiger partial charge in [0.2, 0.25) is 0 Å². The molecule has 0 aliphatic carbocycles. The van der Waals surface area contributed by atoms with Crippen molar-refractivity contribution in [3.63, 3.8) is 0 Å². The van der Waals surface area contributed by atoms with Crippen molar-refractivity contribution in [1.82, 2.24) is 5.32 Å². The highest BCUT2D eigenvalue weighted by atomic mass is 79.9. The number of aliphatic hydroxyl groups is 1. The zero-order valence-corrected chi connectivity index (χ0v) is 15.7. The Morgan fingerprint density at radius 2 is 1.83 bits per heavy atom. The van der Waals surface area contributed by atoms with Crippen LogP contribution in [0, 0.1) is 0 Å². The zero-order valence-electron chi connectivity index (χ0n) is 14.1. The lowest BCUT2D eigenvalue weighted by Crippen LogP contribution is -2.18. The lowest BCUT2D eigenvalue weighted by molar-refractivity contribution is 0.194. The maximum absolute atomic E-state index is 8.94. The van der Waals surface area contributed by atoms with Gasteiger partial charge in [0.25, 0.3) is 0 Å². The number of aliphatic hydroxyl groups excluding tert-OH is 1. The predicted octanol–water partition coefficient (Wildman–Crippen LogP) is 4.07. The number of ether oxygens (including phenoxy) is 2. The lowest BCUT2D eigenvalue weighted by atomic mass is 10.1. The zero-order chi connectivity index (χ0) is 17.4. The minimum absolute atomic E-state index is 0.0267. The molecule has 0 amide bonds. The summed E-state index contributed by atoms with van der Waals surface area (Å²) in [5.41, 5.74) is 2.35. The summed E-state index contributed by atoms with van der Waals surface area (Å²) in [6.07, 6.45) is 0. The fourth-order valence-corrected chi connectivity index (χ4v) is 2.83. The lowest BCUT2D eigenvalue weighted by Gasteiger charge is -2.17. The molecule has 2 rings (SSSR count). The van der Waals surface area contributed by atoms with Gasteiger partial charge in [-0.05, 0) is 37.1 Å². The van der Waals surface area contributed by atoms with Crippen molar-refractivity contribution in [3.05, 3.63) is 58.1 Å². The summed E-state index contributed by atoms with van der Waals surface area (Å²) >= 11 is 3.59. The van der Waals surface area contributed by atoms with Crippen LogP contribution >= 0.6 is 15.9 Å². The number of benzene rings is 2. The highest BCUT2D eigenvalue weighted by Gasteiger charge is 2.12. The molecule has 0 heterocycles. The first kappa shape index (κ1) is 18.8. The van der Waals surface area contributed by atoms with E-state index in [2.05, 4.69) is 40.3 Å². The first-order chi connectivity index (χ1) is 11.7. The molecule has 0 spiro atoms. The largest absolute Gasteiger partial charge is 0.490 e. The van der Waals surface area contributed by atoms with Gasteiger partial charge in [-0.1, -0.05) is 46.3 Å². The maximum Gasteiger partial charge on any atom is 0.162 e. The van der Waals surface area contributed by atoms with E-state index in [0.29, 0.717) is 24.7 Å². The molecular formula is C19H24BrNO3. The van der Waals surface area contributed by atoms with Gasteiger partial charge in [0.1, 0.15) is 6.61 Å². The van der Waals surface area contributed by atoms with Crippen molar-refractivity contribution in [2.75, 3.05) is 19.8 Å². The van der Waals surface area contributed by atoms with Crippen molar-refractivity contribution in [3.8, 4) is 11.5 Å². The molecule has 2 aromatic rings. The van der Waals surface area contributed by atoms with Crippen molar-refractivity contribution < 1.29 is 14.6 Å². The third-order valence-electron chi connectivity index (χ3n) is 3.66. The Bertz CT molecular complexity index is 634. The molecule has 130 valence electrons. The van der Waals surface area contributed by atoms with Crippen LogP contribution in [0.4, 0.5) is 0 Å². The number of halogens is 1. The van der Waals surface area contributed by atoms with Crippen LogP contribution in [-0.2, 0) is 6.54 Å². The Balaban J connectivity index is 2.10. The van der Waals surface area contributed by atoms with E-state index in [-0.39, 0.29) is 19.3 Å². The van der Waals surface area contributed by atoms with Crippen molar-refractivity contribution in [2.45, 2.75) is 26.4 Å². The van der Waals surface area contributed by atoms with Gasteiger partial charge in [0.05, 0.1) is 13.2 Å². The van der Waals surface area contributed by atoms with E-state index in [4.69, 9.17) is 14.6 Å². The first-order valence-corrected chi connectivity index (χ1v) is 8.92. The minimum atomic E-state index is -0.0267. The van der Waals surface area contributed by atoms with Crippen molar-refractivity contribution >= 4 is 15.9 Å². The summed E-state index contributed by atoms with van der Waals surface area (Å²) in [4.78, 5) is 0. The van der Waals surface area contributed by atoms with Crippen LogP contribution in [0.25, 0.3) is 0 Å². The fraction of sp³-hybridized carbons (Fsp3) is 0.368. The summed E-state index contributed by atoms with van der Waals surface area (Å²) in [5.74, 6) is 1.33. The van der Waals surface area contributed by atoms with Crippen molar-refractivity contribution in [1.29, 1.82) is 0 Å². The molecule has 0 radical (unpaired) electrons. The first-order valence-electron chi connectivity index (χ1n) is 8.13. The molecule has 4 nitrogen and oxygen atoms in total. The van der Waals surface area contributed by atoms with Crippen LogP contribution in [0.5, 0.6) is 11.5 Å². The minimum Gasteiger partial charge on any atom is -0.490 e. The summed E-state index contributed by atoms with van der Waals surface area (Å²) in [5, 5.41) is 12.5. The van der Waals surface area contributed by atoms with Gasteiger partial charge in [-0.3, -0.25) is 0 Å². The SMILES string of the molecule is CCOc1cc(CN[C@H](C)c2ccccc2)c(Br)cc1OCCO. The third-order valence-corrected chi connectivity index (χ3v) is 4.40. The molecule has 5 heteroatoms. The van der Waals surface area contributed by atoms with Crippen LogP contribution in [-0.4, -0.2) is 24.9 Å². The average Bonchev–Trinajstić information content (AvgIpc) is 2.61. The second kappa shape index (κ2) is 9.67. The van der Waals surface area contributed by atoms with Gasteiger partial charge in [-0.2, -0.15) is 0 Å². The normalized spacial score (nSPS) is 12.0. The molecular weight excluding hydrogens is 370 g/mol. The molecule has 2 aromatic carbocycles. The van der Waals surface area contributed by atoms with E-state index in [1.807, 2.05) is 37.3 Å². The second-order valence-corrected chi connectivity index (χ2v) is 6.26. The van der Waals surface area contributed by atoms with Crippen molar-refractivity contribution in [2.24, 2.45) is 0 Å². The highest BCUT2D eigenvalue weighted by molar-refractivity contribution is 9.10. The van der Waals surface area contributed by atoms with E-state index in [1.54, 1.807) is 0 Å². The Labute approximate surface area is 151 Å². The molecule has 1 atom stereocenters. The van der Waals surface area contributed by atoms with Crippen LogP contribution < -0.4 is 14.8 Å². The topological polar surface area (TPSA) is 50.7 Å². The molecule has 0 unspecified atom stereocenters. The number of rotatable bonds is 9. The van der Waals surface area contributed by atoms with Gasteiger partial charge in [0, 0.05) is 17.1 Å². The maximum atomic E-state index is 8.94. The van der Waals surface area contributed by atoms with Crippen LogP contribution in [0.3, 0.4) is 0 Å².